The lowest BCUT2D eigenvalue weighted by atomic mass is 10.2. The zero-order chi connectivity index (χ0) is 16.2. The van der Waals surface area contributed by atoms with E-state index in [0.29, 0.717) is 27.3 Å². The second-order valence-corrected chi connectivity index (χ2v) is 6.03. The van der Waals surface area contributed by atoms with Gasteiger partial charge in [-0.05, 0) is 23.8 Å². The number of nitro benzene ring substituents is 1. The molecule has 0 saturated heterocycles. The summed E-state index contributed by atoms with van der Waals surface area (Å²) in [4.78, 5) is 15.0. The van der Waals surface area contributed by atoms with Crippen LogP contribution in [0.15, 0.2) is 53.7 Å². The van der Waals surface area contributed by atoms with Crippen LogP contribution in [-0.4, -0.2) is 20.1 Å². The maximum atomic E-state index is 11.1. The van der Waals surface area contributed by atoms with Crippen LogP contribution in [0.2, 0.25) is 5.02 Å². The Morgan fingerprint density at radius 1 is 1.17 bits per heavy atom. The lowest BCUT2D eigenvalue weighted by molar-refractivity contribution is -0.384. The van der Waals surface area contributed by atoms with Crippen LogP contribution in [0.5, 0.6) is 0 Å². The summed E-state index contributed by atoms with van der Waals surface area (Å²) in [5, 5.41) is 19.2. The van der Waals surface area contributed by atoms with Crippen molar-refractivity contribution in [3.05, 3.63) is 69.2 Å². The van der Waals surface area contributed by atoms with E-state index < -0.39 is 4.92 Å². The van der Waals surface area contributed by atoms with Gasteiger partial charge in [-0.2, -0.15) is 0 Å². The molecule has 0 aliphatic carbocycles. The van der Waals surface area contributed by atoms with Crippen LogP contribution in [0, 0.1) is 10.1 Å². The molecule has 1 aromatic heterocycles. The van der Waals surface area contributed by atoms with Gasteiger partial charge in [0.1, 0.15) is 0 Å². The normalized spacial score (nSPS) is 10.7. The molecule has 6 nitrogen and oxygen atoms in total. The Bertz CT molecular complexity index is 836. The number of benzene rings is 2. The van der Waals surface area contributed by atoms with Crippen LogP contribution >= 0.6 is 23.4 Å². The maximum absolute atomic E-state index is 11.1. The Kier molecular flexibility index (Phi) is 4.59. The summed E-state index contributed by atoms with van der Waals surface area (Å²) in [6.07, 6.45) is 0. The summed E-state index contributed by atoms with van der Waals surface area (Å²) in [6, 6.07) is 14.0. The minimum absolute atomic E-state index is 0.00194. The van der Waals surface area contributed by atoms with E-state index in [1.165, 1.54) is 17.8 Å². The van der Waals surface area contributed by atoms with E-state index >= 15 is 0 Å². The van der Waals surface area contributed by atoms with E-state index in [4.69, 9.17) is 11.6 Å². The lowest BCUT2D eigenvalue weighted by Gasteiger charge is -1.99. The van der Waals surface area contributed by atoms with Crippen molar-refractivity contribution in [1.82, 2.24) is 15.2 Å². The number of H-pyrrole nitrogens is 1. The average Bonchev–Trinajstić information content (AvgIpc) is 3.03. The van der Waals surface area contributed by atoms with Crippen molar-refractivity contribution in [2.45, 2.75) is 10.9 Å². The van der Waals surface area contributed by atoms with Crippen molar-refractivity contribution in [3.63, 3.8) is 0 Å². The first-order valence-corrected chi connectivity index (χ1v) is 8.03. The monoisotopic (exact) mass is 346 g/mol. The molecule has 0 fully saturated rings. The van der Waals surface area contributed by atoms with Crippen molar-refractivity contribution in [2.75, 3.05) is 0 Å². The number of nitrogens with zero attached hydrogens (tertiary/aromatic N) is 3. The molecule has 0 bridgehead atoms. The summed E-state index contributed by atoms with van der Waals surface area (Å²) in [6.45, 7) is 0. The van der Waals surface area contributed by atoms with Crippen LogP contribution in [0.25, 0.3) is 11.4 Å². The Morgan fingerprint density at radius 3 is 2.65 bits per heavy atom. The van der Waals surface area contributed by atoms with Crippen molar-refractivity contribution in [1.29, 1.82) is 0 Å². The molecule has 8 heteroatoms. The highest BCUT2D eigenvalue weighted by atomic mass is 35.5. The Morgan fingerprint density at radius 2 is 1.91 bits per heavy atom. The Labute approximate surface area is 141 Å². The number of aromatic nitrogens is 3. The van der Waals surface area contributed by atoms with Gasteiger partial charge in [-0.25, -0.2) is 4.98 Å². The van der Waals surface area contributed by atoms with Gasteiger partial charge in [0.05, 0.1) is 10.5 Å². The molecule has 23 heavy (non-hydrogen) atoms. The fourth-order valence-corrected chi connectivity index (χ4v) is 2.87. The predicted molar refractivity (Wildman–Crippen MR) is 89.5 cm³/mol. The van der Waals surface area contributed by atoms with Gasteiger partial charge in [-0.15, -0.1) is 5.10 Å². The number of para-hydroxylation sites is 1. The second kappa shape index (κ2) is 6.80. The highest BCUT2D eigenvalue weighted by molar-refractivity contribution is 7.98. The Balaban J connectivity index is 1.76. The number of nitro groups is 1. The number of rotatable bonds is 5. The smallest absolute Gasteiger partial charge is 0.258 e. The summed E-state index contributed by atoms with van der Waals surface area (Å²) in [5.74, 6) is 1.07. The molecule has 0 aliphatic rings. The van der Waals surface area contributed by atoms with Crippen LogP contribution in [-0.2, 0) is 5.75 Å². The number of hydrogen-bond donors (Lipinski definition) is 1. The highest BCUT2D eigenvalue weighted by Crippen LogP contribution is 2.28. The van der Waals surface area contributed by atoms with Crippen LogP contribution in [0.3, 0.4) is 0 Å². The van der Waals surface area contributed by atoms with Crippen LogP contribution < -0.4 is 0 Å². The molecule has 3 aromatic rings. The van der Waals surface area contributed by atoms with E-state index in [9.17, 15) is 10.1 Å². The first-order valence-electron chi connectivity index (χ1n) is 6.67. The molecule has 1 N–H and O–H groups in total. The van der Waals surface area contributed by atoms with Crippen LogP contribution in [0.4, 0.5) is 5.69 Å². The standard InChI is InChI=1S/C15H11ClN4O2S/c16-11-7-5-10(6-8-11)9-23-15-17-14(18-19-15)12-3-1-2-4-13(12)20(21)22/h1-8H,9H2,(H,17,18,19). The molecule has 3 rings (SSSR count). The molecule has 2 aromatic carbocycles. The van der Waals surface area contributed by atoms with E-state index in [-0.39, 0.29) is 5.69 Å². The maximum Gasteiger partial charge on any atom is 0.280 e. The van der Waals surface area contributed by atoms with Gasteiger partial charge in [-0.1, -0.05) is 47.6 Å². The lowest BCUT2D eigenvalue weighted by Crippen LogP contribution is -1.92. The van der Waals surface area contributed by atoms with Gasteiger partial charge in [0.25, 0.3) is 5.69 Å². The number of thioether (sulfide) groups is 1. The molecule has 0 aliphatic heterocycles. The van der Waals surface area contributed by atoms with Gasteiger partial charge in [0, 0.05) is 16.8 Å². The van der Waals surface area contributed by atoms with Gasteiger partial charge >= 0.3 is 0 Å². The number of halogens is 1. The Hall–Kier alpha value is -2.38. The molecule has 0 spiro atoms. The first kappa shape index (κ1) is 15.5. The third kappa shape index (κ3) is 3.69. The predicted octanol–water partition coefficient (Wildman–Crippen LogP) is 4.33. The topological polar surface area (TPSA) is 84.7 Å². The molecule has 0 unspecified atom stereocenters. The van der Waals surface area contributed by atoms with Gasteiger partial charge < -0.3 is 0 Å². The van der Waals surface area contributed by atoms with E-state index in [1.54, 1.807) is 18.2 Å². The first-order chi connectivity index (χ1) is 11.1. The van der Waals surface area contributed by atoms with Crippen LogP contribution in [0.1, 0.15) is 5.56 Å². The van der Waals surface area contributed by atoms with Crippen molar-refractivity contribution in [3.8, 4) is 11.4 Å². The summed E-state index contributed by atoms with van der Waals surface area (Å²) >= 11 is 7.29. The third-order valence-electron chi connectivity index (χ3n) is 3.10. The van der Waals surface area contributed by atoms with Gasteiger partial charge in [0.15, 0.2) is 5.82 Å². The summed E-state index contributed by atoms with van der Waals surface area (Å²) in [7, 11) is 0. The van der Waals surface area contributed by atoms with Crippen molar-refractivity contribution < 1.29 is 4.92 Å². The molecular formula is C15H11ClN4O2S. The van der Waals surface area contributed by atoms with Crippen molar-refractivity contribution >= 4 is 29.1 Å². The fourth-order valence-electron chi connectivity index (χ4n) is 1.99. The quantitative estimate of drug-likeness (QED) is 0.422. The molecule has 0 saturated carbocycles. The number of hydrogen-bond acceptors (Lipinski definition) is 5. The van der Waals surface area contributed by atoms with Crippen molar-refractivity contribution in [2.24, 2.45) is 0 Å². The minimum atomic E-state index is -0.432. The fraction of sp³-hybridized carbons (Fsp3) is 0.0667. The molecule has 0 radical (unpaired) electrons. The number of aromatic amines is 1. The van der Waals surface area contributed by atoms with Gasteiger partial charge in [0.2, 0.25) is 5.16 Å². The zero-order valence-corrected chi connectivity index (χ0v) is 13.3. The molecule has 0 atom stereocenters. The largest absolute Gasteiger partial charge is 0.280 e. The summed E-state index contributed by atoms with van der Waals surface area (Å²) in [5.41, 5.74) is 1.51. The van der Waals surface area contributed by atoms with E-state index in [0.717, 1.165) is 5.56 Å². The average molecular weight is 347 g/mol. The highest BCUT2D eigenvalue weighted by Gasteiger charge is 2.17. The molecule has 0 amide bonds. The number of nitrogens with one attached hydrogen (secondary N) is 1. The molecule has 116 valence electrons. The third-order valence-corrected chi connectivity index (χ3v) is 4.27. The second-order valence-electron chi connectivity index (χ2n) is 4.66. The SMILES string of the molecule is O=[N+]([O-])c1ccccc1-c1nc(SCc2ccc(Cl)cc2)n[nH]1. The van der Waals surface area contributed by atoms with E-state index in [1.807, 2.05) is 24.3 Å². The molecule has 1 heterocycles. The zero-order valence-electron chi connectivity index (χ0n) is 11.8. The summed E-state index contributed by atoms with van der Waals surface area (Å²) < 4.78 is 0. The minimum Gasteiger partial charge on any atom is -0.258 e. The van der Waals surface area contributed by atoms with E-state index in [2.05, 4.69) is 15.2 Å². The molecular weight excluding hydrogens is 336 g/mol. The van der Waals surface area contributed by atoms with Gasteiger partial charge in [-0.3, -0.25) is 15.2 Å².